The first-order chi connectivity index (χ1) is 11.2. The first-order valence-electron chi connectivity index (χ1n) is 8.17. The highest BCUT2D eigenvalue weighted by atomic mass is 16.6. The topological polar surface area (TPSA) is 78.7 Å². The number of nitro benzene ring substituents is 1. The largest absolute Gasteiger partial charge is 0.362 e. The number of carbonyl (C=O) groups excluding carboxylic acids is 1. The minimum absolute atomic E-state index is 0.0543. The van der Waals surface area contributed by atoms with E-state index in [2.05, 4.69) is 5.32 Å². The number of anilines is 1. The number of rotatable bonds is 3. The number of nitrogens with one attached hydrogen (secondary N) is 1. The summed E-state index contributed by atoms with van der Waals surface area (Å²) in [6.07, 6.45) is 3.14. The van der Waals surface area contributed by atoms with E-state index in [4.69, 9.17) is 0 Å². The molecule has 1 N–H and O–H groups in total. The van der Waals surface area contributed by atoms with Crippen LogP contribution in [0.2, 0.25) is 0 Å². The van der Waals surface area contributed by atoms with E-state index in [1.807, 2.05) is 15.9 Å². The summed E-state index contributed by atoms with van der Waals surface area (Å²) in [5.41, 5.74) is 0.765. The van der Waals surface area contributed by atoms with E-state index in [1.165, 1.54) is 6.07 Å². The number of amides is 1. The second-order valence-corrected chi connectivity index (χ2v) is 6.06. The molecule has 1 aromatic carbocycles. The molecule has 23 heavy (non-hydrogen) atoms. The van der Waals surface area contributed by atoms with Gasteiger partial charge in [0.1, 0.15) is 5.69 Å². The maximum Gasteiger partial charge on any atom is 0.292 e. The van der Waals surface area contributed by atoms with Crippen LogP contribution in [-0.4, -0.2) is 54.5 Å². The van der Waals surface area contributed by atoms with Gasteiger partial charge < -0.3 is 15.1 Å². The van der Waals surface area contributed by atoms with E-state index in [1.54, 1.807) is 12.1 Å². The average molecular weight is 318 g/mol. The van der Waals surface area contributed by atoms with Gasteiger partial charge in [-0.2, -0.15) is 0 Å². The van der Waals surface area contributed by atoms with Crippen LogP contribution in [0.4, 0.5) is 11.4 Å². The highest BCUT2D eigenvalue weighted by molar-refractivity contribution is 5.82. The quantitative estimate of drug-likeness (QED) is 0.673. The summed E-state index contributed by atoms with van der Waals surface area (Å²) in [5.74, 6) is 0.173. The van der Waals surface area contributed by atoms with Crippen molar-refractivity contribution in [2.75, 3.05) is 37.6 Å². The predicted molar refractivity (Wildman–Crippen MR) is 87.5 cm³/mol. The molecule has 7 heteroatoms. The Bertz CT molecular complexity index is 578. The van der Waals surface area contributed by atoms with Crippen LogP contribution in [0.1, 0.15) is 19.3 Å². The molecule has 0 aliphatic carbocycles. The Balaban J connectivity index is 1.62. The third-order valence-electron chi connectivity index (χ3n) is 4.62. The Hall–Kier alpha value is -2.15. The van der Waals surface area contributed by atoms with E-state index >= 15 is 0 Å². The number of hydrogen-bond donors (Lipinski definition) is 1. The molecule has 2 aliphatic rings. The summed E-state index contributed by atoms with van der Waals surface area (Å²) >= 11 is 0. The molecule has 7 nitrogen and oxygen atoms in total. The third kappa shape index (κ3) is 3.44. The zero-order valence-corrected chi connectivity index (χ0v) is 13.1. The SMILES string of the molecule is O=C([C@H]1CCCCN1)N1CCN(c2ccccc2[N+](=O)[O-])CC1. The monoisotopic (exact) mass is 318 g/mol. The molecule has 2 heterocycles. The number of nitrogens with zero attached hydrogens (tertiary/aromatic N) is 3. The zero-order chi connectivity index (χ0) is 16.2. The first-order valence-corrected chi connectivity index (χ1v) is 8.17. The van der Waals surface area contributed by atoms with Gasteiger partial charge in [0.15, 0.2) is 0 Å². The number of piperidine rings is 1. The summed E-state index contributed by atoms with van der Waals surface area (Å²) in [4.78, 5) is 27.2. The molecule has 0 radical (unpaired) electrons. The van der Waals surface area contributed by atoms with Gasteiger partial charge in [-0.25, -0.2) is 0 Å². The van der Waals surface area contributed by atoms with Crippen molar-refractivity contribution < 1.29 is 9.72 Å². The maximum atomic E-state index is 12.5. The first kappa shape index (κ1) is 15.7. The summed E-state index contributed by atoms with van der Waals surface area (Å²) in [6, 6.07) is 6.74. The number of hydrogen-bond acceptors (Lipinski definition) is 5. The molecule has 1 aromatic rings. The van der Waals surface area contributed by atoms with Crippen molar-refractivity contribution in [3.8, 4) is 0 Å². The molecule has 2 fully saturated rings. The van der Waals surface area contributed by atoms with E-state index in [-0.39, 0.29) is 22.6 Å². The summed E-state index contributed by atoms with van der Waals surface area (Å²) in [7, 11) is 0. The molecule has 0 unspecified atom stereocenters. The van der Waals surface area contributed by atoms with Gasteiger partial charge in [-0.1, -0.05) is 18.6 Å². The lowest BCUT2D eigenvalue weighted by Crippen LogP contribution is -2.55. The second-order valence-electron chi connectivity index (χ2n) is 6.06. The molecule has 0 aromatic heterocycles. The van der Waals surface area contributed by atoms with Crippen LogP contribution in [0.5, 0.6) is 0 Å². The van der Waals surface area contributed by atoms with Gasteiger partial charge in [0, 0.05) is 32.2 Å². The van der Waals surface area contributed by atoms with Gasteiger partial charge in [0.05, 0.1) is 11.0 Å². The van der Waals surface area contributed by atoms with Gasteiger partial charge in [-0.15, -0.1) is 0 Å². The Morgan fingerprint density at radius 2 is 1.91 bits per heavy atom. The standard InChI is InChI=1S/C16H22N4O3/c21-16(13-5-3-4-8-17-13)19-11-9-18(10-12-19)14-6-1-2-7-15(14)20(22)23/h1-2,6-7,13,17H,3-5,8-12H2/t13-/m1/s1. The van der Waals surface area contributed by atoms with E-state index in [9.17, 15) is 14.9 Å². The van der Waals surface area contributed by atoms with Crippen LogP contribution in [0.25, 0.3) is 0 Å². The van der Waals surface area contributed by atoms with Crippen molar-refractivity contribution >= 4 is 17.3 Å². The summed E-state index contributed by atoms with van der Waals surface area (Å²) in [5, 5.41) is 14.4. The van der Waals surface area contributed by atoms with Crippen molar-refractivity contribution in [3.05, 3.63) is 34.4 Å². The lowest BCUT2D eigenvalue weighted by Gasteiger charge is -2.38. The molecule has 0 saturated carbocycles. The summed E-state index contributed by atoms with van der Waals surface area (Å²) in [6.45, 7) is 3.39. The molecule has 124 valence electrons. The Kier molecular flexibility index (Phi) is 4.76. The maximum absolute atomic E-state index is 12.5. The number of nitro groups is 1. The van der Waals surface area contributed by atoms with Gasteiger partial charge in [0.25, 0.3) is 5.69 Å². The predicted octanol–water partition coefficient (Wildman–Crippen LogP) is 1.39. The normalized spacial score (nSPS) is 22.0. The van der Waals surface area contributed by atoms with Crippen LogP contribution < -0.4 is 10.2 Å². The Morgan fingerprint density at radius 3 is 2.57 bits per heavy atom. The fourth-order valence-corrected chi connectivity index (χ4v) is 3.34. The van der Waals surface area contributed by atoms with Crippen molar-refractivity contribution in [1.82, 2.24) is 10.2 Å². The second kappa shape index (κ2) is 6.95. The van der Waals surface area contributed by atoms with E-state index in [0.29, 0.717) is 31.9 Å². The smallest absolute Gasteiger partial charge is 0.292 e. The van der Waals surface area contributed by atoms with E-state index < -0.39 is 0 Å². The van der Waals surface area contributed by atoms with Gasteiger partial charge in [0.2, 0.25) is 5.91 Å². The van der Waals surface area contributed by atoms with Crippen LogP contribution in [0, 0.1) is 10.1 Å². The lowest BCUT2D eigenvalue weighted by molar-refractivity contribution is -0.384. The Morgan fingerprint density at radius 1 is 1.17 bits per heavy atom. The molecule has 1 amide bonds. The fraction of sp³-hybridized carbons (Fsp3) is 0.562. The van der Waals surface area contributed by atoms with Crippen molar-refractivity contribution in [2.45, 2.75) is 25.3 Å². The molecule has 2 saturated heterocycles. The number of piperazine rings is 1. The van der Waals surface area contributed by atoms with Crippen LogP contribution in [-0.2, 0) is 4.79 Å². The molecular weight excluding hydrogens is 296 g/mol. The van der Waals surface area contributed by atoms with Crippen LogP contribution in [0.15, 0.2) is 24.3 Å². The number of carbonyl (C=O) groups is 1. The Labute approximate surface area is 135 Å². The highest BCUT2D eigenvalue weighted by Gasteiger charge is 2.29. The van der Waals surface area contributed by atoms with Gasteiger partial charge in [-0.05, 0) is 25.5 Å². The average Bonchev–Trinajstić information content (AvgIpc) is 2.62. The molecule has 0 spiro atoms. The van der Waals surface area contributed by atoms with Gasteiger partial charge in [-0.3, -0.25) is 14.9 Å². The number of para-hydroxylation sites is 2. The fourth-order valence-electron chi connectivity index (χ4n) is 3.34. The third-order valence-corrected chi connectivity index (χ3v) is 4.62. The summed E-state index contributed by atoms with van der Waals surface area (Å²) < 4.78 is 0. The van der Waals surface area contributed by atoms with Crippen molar-refractivity contribution in [2.24, 2.45) is 0 Å². The lowest BCUT2D eigenvalue weighted by atomic mass is 10.0. The minimum Gasteiger partial charge on any atom is -0.362 e. The zero-order valence-electron chi connectivity index (χ0n) is 13.1. The molecule has 1 atom stereocenters. The molecule has 2 aliphatic heterocycles. The molecule has 0 bridgehead atoms. The molecular formula is C16H22N4O3. The molecule has 3 rings (SSSR count). The van der Waals surface area contributed by atoms with Crippen molar-refractivity contribution in [1.29, 1.82) is 0 Å². The van der Waals surface area contributed by atoms with Crippen LogP contribution >= 0.6 is 0 Å². The van der Waals surface area contributed by atoms with Crippen LogP contribution in [0.3, 0.4) is 0 Å². The van der Waals surface area contributed by atoms with E-state index in [0.717, 1.165) is 25.8 Å². The highest BCUT2D eigenvalue weighted by Crippen LogP contribution is 2.28. The van der Waals surface area contributed by atoms with Crippen molar-refractivity contribution in [3.63, 3.8) is 0 Å². The van der Waals surface area contributed by atoms with Gasteiger partial charge >= 0.3 is 0 Å². The minimum atomic E-state index is -0.348. The number of benzene rings is 1.